The first-order chi connectivity index (χ1) is 11.2. The highest BCUT2D eigenvalue weighted by Gasteiger charge is 2.24. The zero-order valence-electron chi connectivity index (χ0n) is 12.6. The maximum absolute atomic E-state index is 11.6. The van der Waals surface area contributed by atoms with Crippen LogP contribution in [0.15, 0.2) is 33.7 Å². The van der Waals surface area contributed by atoms with Crippen molar-refractivity contribution >= 4 is 5.95 Å². The molecule has 1 aliphatic heterocycles. The molecule has 122 valence electrons. The minimum atomic E-state index is -0.522. The minimum absolute atomic E-state index is 0.165. The van der Waals surface area contributed by atoms with Crippen LogP contribution in [-0.2, 0) is 13.2 Å². The molecular formula is C15H19N4O4+. The van der Waals surface area contributed by atoms with E-state index in [1.54, 1.807) is 18.5 Å². The average molecular weight is 319 g/mol. The molecule has 0 aliphatic carbocycles. The molecule has 8 heteroatoms. The smallest absolute Gasteiger partial charge is 0.227 e. The van der Waals surface area contributed by atoms with Crippen molar-refractivity contribution in [2.45, 2.75) is 13.2 Å². The minimum Gasteiger partial charge on any atom is -0.502 e. The first kappa shape index (κ1) is 15.4. The molecule has 0 amide bonds. The largest absolute Gasteiger partial charge is 0.502 e. The summed E-state index contributed by atoms with van der Waals surface area (Å²) in [6.07, 6.45) is 3.43. The number of rotatable bonds is 4. The highest BCUT2D eigenvalue weighted by atomic mass is 16.4. The maximum Gasteiger partial charge on any atom is 0.227 e. The molecule has 0 spiro atoms. The van der Waals surface area contributed by atoms with Gasteiger partial charge in [-0.2, -0.15) is 0 Å². The van der Waals surface area contributed by atoms with Gasteiger partial charge in [-0.15, -0.1) is 0 Å². The second kappa shape index (κ2) is 6.76. The third-order valence-electron chi connectivity index (χ3n) is 3.92. The van der Waals surface area contributed by atoms with E-state index in [9.17, 15) is 9.90 Å². The molecule has 23 heavy (non-hydrogen) atoms. The van der Waals surface area contributed by atoms with Gasteiger partial charge in [0.1, 0.15) is 18.9 Å². The lowest BCUT2D eigenvalue weighted by molar-refractivity contribution is -0.915. The number of anilines is 1. The zero-order valence-corrected chi connectivity index (χ0v) is 12.6. The molecule has 2 aromatic heterocycles. The van der Waals surface area contributed by atoms with E-state index in [2.05, 4.69) is 14.9 Å². The molecule has 2 aromatic rings. The monoisotopic (exact) mass is 319 g/mol. The Morgan fingerprint density at radius 3 is 2.61 bits per heavy atom. The second-order valence-electron chi connectivity index (χ2n) is 5.47. The van der Waals surface area contributed by atoms with Gasteiger partial charge in [0.2, 0.25) is 22.9 Å². The summed E-state index contributed by atoms with van der Waals surface area (Å²) in [5.74, 6) is 0.728. The Labute approximate surface area is 132 Å². The predicted octanol–water partition coefficient (Wildman–Crippen LogP) is -1.47. The van der Waals surface area contributed by atoms with Crippen molar-refractivity contribution in [2.75, 3.05) is 31.1 Å². The fourth-order valence-electron chi connectivity index (χ4n) is 2.67. The number of nitrogens with zero attached hydrogens (tertiary/aromatic N) is 3. The molecule has 0 bridgehead atoms. The molecular weight excluding hydrogens is 300 g/mol. The quantitative estimate of drug-likeness (QED) is 0.632. The molecule has 0 saturated carbocycles. The highest BCUT2D eigenvalue weighted by molar-refractivity contribution is 5.28. The highest BCUT2D eigenvalue weighted by Crippen LogP contribution is 2.13. The van der Waals surface area contributed by atoms with Crippen molar-refractivity contribution in [3.63, 3.8) is 0 Å². The Balaban J connectivity index is 1.65. The van der Waals surface area contributed by atoms with Gasteiger partial charge in [0, 0.05) is 18.5 Å². The molecule has 3 rings (SSSR count). The Kier molecular flexibility index (Phi) is 4.54. The van der Waals surface area contributed by atoms with Crippen LogP contribution in [0.2, 0.25) is 0 Å². The summed E-state index contributed by atoms with van der Waals surface area (Å²) >= 11 is 0. The van der Waals surface area contributed by atoms with E-state index >= 15 is 0 Å². The van der Waals surface area contributed by atoms with Crippen molar-refractivity contribution in [1.29, 1.82) is 0 Å². The van der Waals surface area contributed by atoms with Gasteiger partial charge >= 0.3 is 0 Å². The van der Waals surface area contributed by atoms with Crippen LogP contribution in [0.3, 0.4) is 0 Å². The van der Waals surface area contributed by atoms with Gasteiger partial charge in [-0.05, 0) is 6.07 Å². The van der Waals surface area contributed by atoms with Gasteiger partial charge in [-0.1, -0.05) is 0 Å². The summed E-state index contributed by atoms with van der Waals surface area (Å²) in [6.45, 7) is 3.22. The van der Waals surface area contributed by atoms with Crippen molar-refractivity contribution in [2.24, 2.45) is 0 Å². The molecule has 0 aromatic carbocycles. The van der Waals surface area contributed by atoms with Crippen LogP contribution in [0.25, 0.3) is 0 Å². The Bertz CT molecular complexity index is 711. The molecule has 1 aliphatic rings. The van der Waals surface area contributed by atoms with Crippen LogP contribution in [0, 0.1) is 0 Å². The number of aliphatic hydroxyl groups is 1. The molecule has 8 nitrogen and oxygen atoms in total. The first-order valence-electron chi connectivity index (χ1n) is 7.48. The van der Waals surface area contributed by atoms with E-state index in [0.29, 0.717) is 12.5 Å². The number of hydrogen-bond donors (Lipinski definition) is 3. The second-order valence-corrected chi connectivity index (χ2v) is 5.47. The summed E-state index contributed by atoms with van der Waals surface area (Å²) in [7, 11) is 0. The fraction of sp³-hybridized carbons (Fsp3) is 0.400. The standard InChI is InChI=1S/C15H18N4O4/c20-10-11-8-12(21)14(22)13(23-11)9-18-4-6-19(7-5-18)15-16-2-1-3-17-15/h1-3,8,20,22H,4-7,9-10H2/p+1. The molecule has 3 heterocycles. The number of aromatic hydroxyl groups is 1. The van der Waals surface area contributed by atoms with E-state index < -0.39 is 5.43 Å². The topological polar surface area (TPSA) is 104 Å². The van der Waals surface area contributed by atoms with Gasteiger partial charge < -0.3 is 24.4 Å². The van der Waals surface area contributed by atoms with Crippen molar-refractivity contribution in [3.05, 3.63) is 46.3 Å². The summed E-state index contributed by atoms with van der Waals surface area (Å²) in [5.41, 5.74) is -0.522. The molecule has 0 radical (unpaired) electrons. The van der Waals surface area contributed by atoms with Crippen molar-refractivity contribution in [3.8, 4) is 5.75 Å². The van der Waals surface area contributed by atoms with E-state index in [1.165, 1.54) is 4.90 Å². The zero-order chi connectivity index (χ0) is 16.2. The molecule has 0 atom stereocenters. The number of nitrogens with one attached hydrogen (secondary N) is 1. The number of hydrogen-bond acceptors (Lipinski definition) is 7. The third kappa shape index (κ3) is 3.49. The Morgan fingerprint density at radius 2 is 1.96 bits per heavy atom. The van der Waals surface area contributed by atoms with Crippen LogP contribution >= 0.6 is 0 Å². The predicted molar refractivity (Wildman–Crippen MR) is 81.2 cm³/mol. The van der Waals surface area contributed by atoms with Gasteiger partial charge in [0.15, 0.2) is 0 Å². The summed E-state index contributed by atoms with van der Waals surface area (Å²) in [6, 6.07) is 2.89. The van der Waals surface area contributed by atoms with E-state index in [0.717, 1.165) is 32.2 Å². The van der Waals surface area contributed by atoms with Crippen LogP contribution in [0.5, 0.6) is 5.75 Å². The number of aliphatic hydroxyl groups excluding tert-OH is 1. The van der Waals surface area contributed by atoms with Crippen LogP contribution < -0.4 is 15.2 Å². The molecule has 1 fully saturated rings. The Morgan fingerprint density at radius 1 is 1.26 bits per heavy atom. The average Bonchev–Trinajstić information content (AvgIpc) is 2.60. The summed E-state index contributed by atoms with van der Waals surface area (Å²) in [4.78, 5) is 23.4. The molecule has 1 saturated heterocycles. The maximum atomic E-state index is 11.6. The SMILES string of the molecule is O=c1cc(CO)oc(C[NH+]2CCN(c3ncccn3)CC2)c1O. The Hall–Kier alpha value is -2.45. The van der Waals surface area contributed by atoms with Crippen molar-refractivity contribution in [1.82, 2.24) is 9.97 Å². The lowest BCUT2D eigenvalue weighted by Gasteiger charge is -2.31. The van der Waals surface area contributed by atoms with Crippen LogP contribution in [0.4, 0.5) is 5.95 Å². The van der Waals surface area contributed by atoms with Gasteiger partial charge in [0.25, 0.3) is 0 Å². The van der Waals surface area contributed by atoms with Gasteiger partial charge in [-0.3, -0.25) is 4.79 Å². The fourth-order valence-corrected chi connectivity index (χ4v) is 2.67. The summed E-state index contributed by atoms with van der Waals surface area (Å²) < 4.78 is 5.39. The first-order valence-corrected chi connectivity index (χ1v) is 7.48. The number of aromatic nitrogens is 2. The van der Waals surface area contributed by atoms with Gasteiger partial charge in [-0.25, -0.2) is 9.97 Å². The molecule has 3 N–H and O–H groups in total. The van der Waals surface area contributed by atoms with Crippen LogP contribution in [-0.4, -0.2) is 46.4 Å². The molecule has 0 unspecified atom stereocenters. The van der Waals surface area contributed by atoms with Gasteiger partial charge in [0.05, 0.1) is 26.2 Å². The van der Waals surface area contributed by atoms with Crippen LogP contribution in [0.1, 0.15) is 11.5 Å². The summed E-state index contributed by atoms with van der Waals surface area (Å²) in [5, 5.41) is 18.9. The number of quaternary nitrogens is 1. The lowest BCUT2D eigenvalue weighted by atomic mass is 10.2. The third-order valence-corrected chi connectivity index (χ3v) is 3.92. The number of piperazine rings is 1. The normalized spacial score (nSPS) is 15.8. The van der Waals surface area contributed by atoms with E-state index in [4.69, 9.17) is 9.52 Å². The van der Waals surface area contributed by atoms with E-state index in [1.807, 2.05) is 0 Å². The van der Waals surface area contributed by atoms with E-state index in [-0.39, 0.29) is 23.9 Å². The van der Waals surface area contributed by atoms with Crippen molar-refractivity contribution < 1.29 is 19.5 Å². The lowest BCUT2D eigenvalue weighted by Crippen LogP contribution is -3.13.